The highest BCUT2D eigenvalue weighted by molar-refractivity contribution is 6.62. The van der Waals surface area contributed by atoms with Crippen molar-refractivity contribution in [2.24, 2.45) is 0 Å². The first-order valence-corrected chi connectivity index (χ1v) is 6.06. The summed E-state index contributed by atoms with van der Waals surface area (Å²) in [6.45, 7) is 2.78. The number of hydrogen-bond donors (Lipinski definition) is 2. The molecule has 0 bridgehead atoms. The molecule has 0 saturated heterocycles. The van der Waals surface area contributed by atoms with Crippen LogP contribution in [0.5, 0.6) is 0 Å². The van der Waals surface area contributed by atoms with Crippen molar-refractivity contribution in [3.05, 3.63) is 35.9 Å². The van der Waals surface area contributed by atoms with Crippen molar-refractivity contribution in [1.82, 2.24) is 5.32 Å². The van der Waals surface area contributed by atoms with Crippen molar-refractivity contribution in [3.8, 4) is 0 Å². The summed E-state index contributed by atoms with van der Waals surface area (Å²) in [5.41, 5.74) is 0.848. The largest absolute Gasteiger partial charge is 0.480 e. The minimum absolute atomic E-state index is 0.124. The Morgan fingerprint density at radius 2 is 1.80 bits per heavy atom. The fraction of sp³-hybridized carbons (Fsp3) is 0.308. The first-order chi connectivity index (χ1) is 9.32. The van der Waals surface area contributed by atoms with Crippen LogP contribution in [0.4, 0.5) is 4.79 Å². The number of ether oxygens (including phenoxy) is 1. The molecule has 0 saturated carbocycles. The zero-order valence-corrected chi connectivity index (χ0v) is 11.9. The maximum atomic E-state index is 11.1. The highest BCUT2D eigenvalue weighted by Gasteiger charge is 2.14. The summed E-state index contributed by atoms with van der Waals surface area (Å²) >= 11 is 4.64. The Morgan fingerprint density at radius 1 is 1.30 bits per heavy atom. The van der Waals surface area contributed by atoms with Crippen molar-refractivity contribution < 1.29 is 24.2 Å². The Labute approximate surface area is 121 Å². The van der Waals surface area contributed by atoms with E-state index < -0.39 is 18.1 Å². The Morgan fingerprint density at radius 3 is 2.25 bits per heavy atom. The molecule has 0 fully saturated rings. The van der Waals surface area contributed by atoms with Crippen LogP contribution in [0.2, 0.25) is 0 Å². The van der Waals surface area contributed by atoms with Crippen LogP contribution < -0.4 is 5.32 Å². The summed E-state index contributed by atoms with van der Waals surface area (Å²) in [4.78, 5) is 30.8. The van der Waals surface area contributed by atoms with Gasteiger partial charge >= 0.3 is 12.1 Å². The number of amides is 1. The molecule has 110 valence electrons. The zero-order valence-electron chi connectivity index (χ0n) is 11.1. The predicted molar refractivity (Wildman–Crippen MR) is 73.4 cm³/mol. The molecule has 20 heavy (non-hydrogen) atoms. The van der Waals surface area contributed by atoms with Crippen LogP contribution in [0.1, 0.15) is 19.4 Å². The highest BCUT2D eigenvalue weighted by atomic mass is 35.5. The van der Waals surface area contributed by atoms with Gasteiger partial charge in [0.2, 0.25) is 5.24 Å². The summed E-state index contributed by atoms with van der Waals surface area (Å²) in [6.07, 6.45) is -0.737. The first kappa shape index (κ1) is 17.9. The van der Waals surface area contributed by atoms with Gasteiger partial charge in [-0.1, -0.05) is 30.3 Å². The van der Waals surface area contributed by atoms with Gasteiger partial charge in [0.15, 0.2) is 0 Å². The molecule has 1 amide bonds. The molecule has 0 aliphatic carbocycles. The maximum Gasteiger partial charge on any atom is 0.408 e. The fourth-order valence-corrected chi connectivity index (χ4v) is 1.00. The quantitative estimate of drug-likeness (QED) is 0.831. The fourth-order valence-electron chi connectivity index (χ4n) is 1.00. The van der Waals surface area contributed by atoms with E-state index in [9.17, 15) is 14.4 Å². The Hall–Kier alpha value is -2.08. The third-order valence-electron chi connectivity index (χ3n) is 1.92. The topological polar surface area (TPSA) is 92.7 Å². The average molecular weight is 302 g/mol. The number of halogens is 1. The van der Waals surface area contributed by atoms with Gasteiger partial charge in [0, 0.05) is 6.92 Å². The van der Waals surface area contributed by atoms with E-state index in [2.05, 4.69) is 16.9 Å². The highest BCUT2D eigenvalue weighted by Crippen LogP contribution is 2.00. The Balaban J connectivity index is 0.000000796. The van der Waals surface area contributed by atoms with Gasteiger partial charge in [-0.2, -0.15) is 0 Å². The van der Waals surface area contributed by atoms with Crippen LogP contribution in [0.3, 0.4) is 0 Å². The number of hydrogen-bond acceptors (Lipinski definition) is 4. The van der Waals surface area contributed by atoms with Crippen molar-refractivity contribution in [1.29, 1.82) is 0 Å². The maximum absolute atomic E-state index is 11.1. The number of aliphatic carboxylic acids is 1. The van der Waals surface area contributed by atoms with Gasteiger partial charge in [-0.05, 0) is 24.1 Å². The van der Waals surface area contributed by atoms with Gasteiger partial charge in [0.25, 0.3) is 0 Å². The number of carboxylic acid groups (broad SMARTS) is 1. The average Bonchev–Trinajstić information content (AvgIpc) is 2.36. The van der Waals surface area contributed by atoms with Crippen LogP contribution in [0, 0.1) is 0 Å². The van der Waals surface area contributed by atoms with Crippen molar-refractivity contribution in [2.45, 2.75) is 26.5 Å². The summed E-state index contributed by atoms with van der Waals surface area (Å²) in [7, 11) is 0. The summed E-state index contributed by atoms with van der Waals surface area (Å²) in [5, 5.41) is 10.4. The molecule has 1 aromatic rings. The van der Waals surface area contributed by atoms with Crippen LogP contribution >= 0.6 is 11.6 Å². The lowest BCUT2D eigenvalue weighted by atomic mass is 10.2. The monoisotopic (exact) mass is 301 g/mol. The molecule has 1 rings (SSSR count). The SMILES string of the molecule is CC(=O)Cl.C[C@H](NC(=O)OCc1ccccc1)C(=O)O. The second-order valence-corrected chi connectivity index (χ2v) is 4.27. The van der Waals surface area contributed by atoms with Crippen LogP contribution in [0.15, 0.2) is 30.3 Å². The molecule has 1 aromatic carbocycles. The first-order valence-electron chi connectivity index (χ1n) is 5.69. The number of carbonyl (C=O) groups is 3. The van der Waals surface area contributed by atoms with E-state index in [1.165, 1.54) is 13.8 Å². The molecule has 2 N–H and O–H groups in total. The van der Waals surface area contributed by atoms with Crippen LogP contribution in [-0.4, -0.2) is 28.5 Å². The Bertz CT molecular complexity index is 445. The summed E-state index contributed by atoms with van der Waals surface area (Å²) in [5.74, 6) is -1.10. The molecule has 1 atom stereocenters. The molecular formula is C13H16ClNO5. The normalized spacial score (nSPS) is 10.6. The number of carbonyl (C=O) groups excluding carboxylic acids is 2. The van der Waals surface area contributed by atoms with E-state index in [1.54, 1.807) is 0 Å². The van der Waals surface area contributed by atoms with Crippen LogP contribution in [0.25, 0.3) is 0 Å². The lowest BCUT2D eigenvalue weighted by Crippen LogP contribution is -2.38. The molecule has 0 aromatic heterocycles. The molecule has 0 heterocycles. The molecule has 0 aliphatic heterocycles. The number of carboxylic acids is 1. The number of nitrogens with one attached hydrogen (secondary N) is 1. The van der Waals surface area contributed by atoms with E-state index in [-0.39, 0.29) is 11.8 Å². The number of alkyl carbamates (subject to hydrolysis) is 1. The molecule has 0 unspecified atom stereocenters. The predicted octanol–water partition coefficient (Wildman–Crippen LogP) is 2.16. The second kappa shape index (κ2) is 9.80. The van der Waals surface area contributed by atoms with Gasteiger partial charge in [-0.15, -0.1) is 0 Å². The lowest BCUT2D eigenvalue weighted by Gasteiger charge is -2.09. The smallest absolute Gasteiger partial charge is 0.408 e. The molecule has 0 spiro atoms. The van der Waals surface area contributed by atoms with Gasteiger partial charge in [0.1, 0.15) is 12.6 Å². The van der Waals surface area contributed by atoms with E-state index in [0.717, 1.165) is 5.56 Å². The summed E-state index contributed by atoms with van der Waals surface area (Å²) < 4.78 is 4.84. The van der Waals surface area contributed by atoms with Crippen molar-refractivity contribution in [3.63, 3.8) is 0 Å². The van der Waals surface area contributed by atoms with E-state index in [0.29, 0.717) is 0 Å². The van der Waals surface area contributed by atoms with Gasteiger partial charge in [-0.25, -0.2) is 4.79 Å². The molecule has 0 radical (unpaired) electrons. The van der Waals surface area contributed by atoms with Gasteiger partial charge in [0.05, 0.1) is 0 Å². The van der Waals surface area contributed by atoms with E-state index >= 15 is 0 Å². The molecule has 0 aliphatic rings. The van der Waals surface area contributed by atoms with E-state index in [4.69, 9.17) is 9.84 Å². The lowest BCUT2D eigenvalue weighted by molar-refractivity contribution is -0.138. The number of benzene rings is 1. The van der Waals surface area contributed by atoms with Gasteiger partial charge < -0.3 is 15.2 Å². The zero-order chi connectivity index (χ0) is 15.5. The third-order valence-corrected chi connectivity index (χ3v) is 1.92. The van der Waals surface area contributed by atoms with E-state index in [1.807, 2.05) is 30.3 Å². The standard InChI is InChI=1S/C11H13NO4.C2H3ClO/c1-8(10(13)14)12-11(15)16-7-9-5-3-2-4-6-9;1-2(3)4/h2-6,8H,7H2,1H3,(H,12,15)(H,13,14);1H3/t8-;/m0./s1. The van der Waals surface area contributed by atoms with Crippen molar-refractivity contribution in [2.75, 3.05) is 0 Å². The number of rotatable bonds is 4. The Kier molecular flexibility index (Phi) is 8.78. The molecule has 7 heteroatoms. The third kappa shape index (κ3) is 9.90. The van der Waals surface area contributed by atoms with Gasteiger partial charge in [-0.3, -0.25) is 9.59 Å². The summed E-state index contributed by atoms with van der Waals surface area (Å²) in [6, 6.07) is 8.19. The second-order valence-electron chi connectivity index (χ2n) is 3.74. The van der Waals surface area contributed by atoms with Crippen LogP contribution in [-0.2, 0) is 20.9 Å². The van der Waals surface area contributed by atoms with Crippen molar-refractivity contribution >= 4 is 28.9 Å². The molecule has 6 nitrogen and oxygen atoms in total. The minimum Gasteiger partial charge on any atom is -0.480 e. The minimum atomic E-state index is -1.10. The molecular weight excluding hydrogens is 286 g/mol.